The molecule has 1 aromatic carbocycles. The number of aliphatic carboxylic acids is 1. The molecule has 1 aromatic rings. The molecular weight excluding hydrogens is 400 g/mol. The highest BCUT2D eigenvalue weighted by Crippen LogP contribution is 2.45. The molecule has 9 heteroatoms. The number of anilines is 1. The molecule has 0 saturated carbocycles. The Morgan fingerprint density at radius 2 is 1.89 bits per heavy atom. The second kappa shape index (κ2) is 7.84. The number of carbonyl (C=O) groups is 4. The van der Waals surface area contributed by atoms with E-state index in [0.717, 1.165) is 28.0 Å². The third-order valence-corrected chi connectivity index (χ3v) is 6.00. The molecule has 0 spiro atoms. The molecule has 28 heavy (non-hydrogen) atoms. The molecule has 2 aliphatic heterocycles. The summed E-state index contributed by atoms with van der Waals surface area (Å²) >= 11 is 6.18. The van der Waals surface area contributed by atoms with E-state index in [1.54, 1.807) is 24.3 Å². The Bertz CT molecular complexity index is 940. The first-order chi connectivity index (χ1) is 13.3. The minimum Gasteiger partial charge on any atom is -0.480 e. The maximum Gasteiger partial charge on any atom is 0.326 e. The van der Waals surface area contributed by atoms with Crippen LogP contribution in [0.1, 0.15) is 38.7 Å². The quantitative estimate of drug-likeness (QED) is 0.580. The van der Waals surface area contributed by atoms with Gasteiger partial charge in [-0.25, -0.2) is 9.69 Å². The van der Waals surface area contributed by atoms with Crippen LogP contribution in [0.15, 0.2) is 29.2 Å². The number of imide groups is 1. The van der Waals surface area contributed by atoms with Crippen LogP contribution in [0, 0.1) is 0 Å². The Balaban J connectivity index is 2.09. The van der Waals surface area contributed by atoms with Gasteiger partial charge in [-0.15, -0.1) is 0 Å². The summed E-state index contributed by atoms with van der Waals surface area (Å²) in [5, 5.41) is 9.57. The second-order valence-corrected chi connectivity index (χ2v) is 8.06. The van der Waals surface area contributed by atoms with Gasteiger partial charge in [-0.1, -0.05) is 61.9 Å². The number of hydrogen-bond donors (Lipinski definition) is 1. The van der Waals surface area contributed by atoms with Crippen LogP contribution in [-0.2, 0) is 19.2 Å². The number of thioether (sulfide) groups is 1. The van der Waals surface area contributed by atoms with Crippen molar-refractivity contribution >= 4 is 63.3 Å². The van der Waals surface area contributed by atoms with Gasteiger partial charge < -0.3 is 5.11 Å². The van der Waals surface area contributed by atoms with Crippen LogP contribution in [0.2, 0.25) is 0 Å². The molecule has 1 atom stereocenters. The lowest BCUT2D eigenvalue weighted by Gasteiger charge is -2.22. The summed E-state index contributed by atoms with van der Waals surface area (Å²) in [6, 6.07) is 5.60. The van der Waals surface area contributed by atoms with Crippen LogP contribution < -0.4 is 4.90 Å². The van der Waals surface area contributed by atoms with Gasteiger partial charge in [0.25, 0.3) is 11.8 Å². The molecule has 1 fully saturated rings. The molecule has 1 saturated heterocycles. The average molecular weight is 418 g/mol. The minimum absolute atomic E-state index is 0.0638. The van der Waals surface area contributed by atoms with Gasteiger partial charge in [0.2, 0.25) is 5.91 Å². The molecule has 2 heterocycles. The van der Waals surface area contributed by atoms with Crippen molar-refractivity contribution < 1.29 is 24.3 Å². The van der Waals surface area contributed by atoms with Crippen molar-refractivity contribution in [1.29, 1.82) is 0 Å². The molecule has 2 aliphatic rings. The SMILES string of the molecule is CCCCC(C(=O)O)N1C(=O)/C(=C2/C(=O)N(C(C)=O)c3ccccc32)SC1=S. The van der Waals surface area contributed by atoms with Gasteiger partial charge in [-0.2, -0.15) is 0 Å². The highest BCUT2D eigenvalue weighted by molar-refractivity contribution is 8.26. The Kier molecular flexibility index (Phi) is 5.66. The van der Waals surface area contributed by atoms with E-state index >= 15 is 0 Å². The Labute approximate surface area is 171 Å². The zero-order chi connectivity index (χ0) is 20.6. The van der Waals surface area contributed by atoms with E-state index < -0.39 is 29.7 Å². The van der Waals surface area contributed by atoms with Crippen LogP contribution in [0.5, 0.6) is 0 Å². The molecule has 0 bridgehead atoms. The maximum atomic E-state index is 13.1. The third kappa shape index (κ3) is 3.24. The zero-order valence-electron chi connectivity index (χ0n) is 15.3. The predicted octanol–water partition coefficient (Wildman–Crippen LogP) is 2.79. The Hall–Kier alpha value is -2.52. The summed E-state index contributed by atoms with van der Waals surface area (Å²) in [5.74, 6) is -2.81. The molecule has 3 rings (SSSR count). The fraction of sp³-hybridized carbons (Fsp3) is 0.316. The number of unbranched alkanes of at least 4 members (excludes halogenated alkanes) is 1. The standard InChI is InChI=1S/C19H18N2O5S2/c1-3-4-8-13(18(25)26)21-17(24)15(28-19(21)27)14-11-7-5-6-9-12(11)20(10(2)22)16(14)23/h5-7,9,13H,3-4,8H2,1-2H3,(H,25,26)/b15-14-. The Morgan fingerprint density at radius 3 is 2.50 bits per heavy atom. The van der Waals surface area contributed by atoms with Gasteiger partial charge in [0.05, 0.1) is 16.2 Å². The van der Waals surface area contributed by atoms with E-state index in [1.807, 2.05) is 6.92 Å². The number of nitrogens with zero attached hydrogens (tertiary/aromatic N) is 2. The van der Waals surface area contributed by atoms with Crippen molar-refractivity contribution in [3.05, 3.63) is 34.7 Å². The van der Waals surface area contributed by atoms with Crippen LogP contribution in [0.25, 0.3) is 5.57 Å². The highest BCUT2D eigenvalue weighted by Gasteiger charge is 2.46. The molecule has 0 aliphatic carbocycles. The lowest BCUT2D eigenvalue weighted by atomic mass is 10.1. The van der Waals surface area contributed by atoms with Crippen LogP contribution >= 0.6 is 24.0 Å². The number of amides is 3. The number of carboxylic acid groups (broad SMARTS) is 1. The highest BCUT2D eigenvalue weighted by atomic mass is 32.2. The van der Waals surface area contributed by atoms with E-state index in [1.165, 1.54) is 6.92 Å². The van der Waals surface area contributed by atoms with Gasteiger partial charge >= 0.3 is 5.97 Å². The number of thiocarbonyl (C=S) groups is 1. The molecule has 7 nitrogen and oxygen atoms in total. The fourth-order valence-corrected chi connectivity index (χ4v) is 4.74. The van der Waals surface area contributed by atoms with Crippen molar-refractivity contribution in [3.8, 4) is 0 Å². The summed E-state index contributed by atoms with van der Waals surface area (Å²) in [7, 11) is 0. The number of carboxylic acids is 1. The third-order valence-electron chi connectivity index (χ3n) is 4.60. The molecular formula is C19H18N2O5S2. The first kappa shape index (κ1) is 20.2. The number of carbonyl (C=O) groups excluding carboxylic acids is 3. The number of rotatable bonds is 5. The zero-order valence-corrected chi connectivity index (χ0v) is 16.9. The van der Waals surface area contributed by atoms with Crippen LogP contribution in [-0.4, -0.2) is 44.1 Å². The number of fused-ring (bicyclic) bond motifs is 1. The van der Waals surface area contributed by atoms with E-state index in [9.17, 15) is 24.3 Å². The summed E-state index contributed by atoms with van der Waals surface area (Å²) in [4.78, 5) is 51.9. The molecule has 0 radical (unpaired) electrons. The average Bonchev–Trinajstić information content (AvgIpc) is 3.08. The Morgan fingerprint density at radius 1 is 1.21 bits per heavy atom. The minimum atomic E-state index is -1.14. The summed E-state index contributed by atoms with van der Waals surface area (Å²) in [6.45, 7) is 3.20. The first-order valence-corrected chi connectivity index (χ1v) is 9.98. The molecule has 0 aromatic heterocycles. The first-order valence-electron chi connectivity index (χ1n) is 8.76. The predicted molar refractivity (Wildman–Crippen MR) is 110 cm³/mol. The molecule has 1 unspecified atom stereocenters. The molecule has 1 N–H and O–H groups in total. The lowest BCUT2D eigenvalue weighted by Crippen LogP contribution is -2.44. The van der Waals surface area contributed by atoms with E-state index in [0.29, 0.717) is 17.7 Å². The van der Waals surface area contributed by atoms with Crippen molar-refractivity contribution in [2.75, 3.05) is 4.90 Å². The summed E-state index contributed by atoms with van der Waals surface area (Å²) in [5.41, 5.74) is 0.954. The topological polar surface area (TPSA) is 95.0 Å². The smallest absolute Gasteiger partial charge is 0.326 e. The van der Waals surface area contributed by atoms with Crippen molar-refractivity contribution in [3.63, 3.8) is 0 Å². The lowest BCUT2D eigenvalue weighted by molar-refractivity contribution is -0.145. The van der Waals surface area contributed by atoms with E-state index in [2.05, 4.69) is 0 Å². The normalized spacial score (nSPS) is 20.0. The number of hydrogen-bond acceptors (Lipinski definition) is 6. The molecule has 146 valence electrons. The van der Waals surface area contributed by atoms with Gasteiger partial charge in [0, 0.05) is 12.5 Å². The fourth-order valence-electron chi connectivity index (χ4n) is 3.31. The molecule has 3 amide bonds. The monoisotopic (exact) mass is 418 g/mol. The van der Waals surface area contributed by atoms with Crippen molar-refractivity contribution in [2.24, 2.45) is 0 Å². The summed E-state index contributed by atoms with van der Waals surface area (Å²) in [6.07, 6.45) is 1.67. The van der Waals surface area contributed by atoms with Crippen LogP contribution in [0.4, 0.5) is 5.69 Å². The maximum absolute atomic E-state index is 13.1. The summed E-state index contributed by atoms with van der Waals surface area (Å²) < 4.78 is 0.0996. The van der Waals surface area contributed by atoms with Crippen molar-refractivity contribution in [2.45, 2.75) is 39.2 Å². The number of para-hydroxylation sites is 1. The second-order valence-electron chi connectivity index (χ2n) is 6.42. The van der Waals surface area contributed by atoms with Gasteiger partial charge in [0.1, 0.15) is 10.4 Å². The largest absolute Gasteiger partial charge is 0.480 e. The van der Waals surface area contributed by atoms with E-state index in [4.69, 9.17) is 12.2 Å². The van der Waals surface area contributed by atoms with Crippen molar-refractivity contribution in [1.82, 2.24) is 4.90 Å². The van der Waals surface area contributed by atoms with Gasteiger partial charge in [0.15, 0.2) is 0 Å². The van der Waals surface area contributed by atoms with Gasteiger partial charge in [-0.05, 0) is 12.5 Å². The van der Waals surface area contributed by atoms with Crippen LogP contribution in [0.3, 0.4) is 0 Å². The van der Waals surface area contributed by atoms with Gasteiger partial charge in [-0.3, -0.25) is 19.3 Å². The van der Waals surface area contributed by atoms with E-state index in [-0.39, 0.29) is 21.2 Å². The number of benzene rings is 1.